The summed E-state index contributed by atoms with van der Waals surface area (Å²) in [6.45, 7) is 4.27. The molecule has 2 aromatic carbocycles. The molecule has 6 heteroatoms. The fraction of sp³-hybridized carbons (Fsp3) is 0.211. The van der Waals surface area contributed by atoms with Crippen LogP contribution in [0.5, 0.6) is 5.75 Å². The van der Waals surface area contributed by atoms with E-state index in [4.69, 9.17) is 9.15 Å². The van der Waals surface area contributed by atoms with Crippen molar-refractivity contribution in [3.63, 3.8) is 0 Å². The fourth-order valence-electron chi connectivity index (χ4n) is 2.31. The minimum Gasteiger partial charge on any atom is -0.497 e. The molecule has 0 radical (unpaired) electrons. The number of aromatic nitrogens is 2. The van der Waals surface area contributed by atoms with Gasteiger partial charge in [0.2, 0.25) is 5.89 Å². The Balaban J connectivity index is 1.71. The third-order valence-electron chi connectivity index (χ3n) is 3.82. The number of carbonyl (C=O) groups excluding carboxylic acids is 1. The molecule has 128 valence electrons. The number of carbonyl (C=O) groups is 1. The van der Waals surface area contributed by atoms with Gasteiger partial charge in [-0.2, -0.15) is 0 Å². The van der Waals surface area contributed by atoms with Crippen LogP contribution in [0.2, 0.25) is 0 Å². The number of rotatable bonds is 5. The first kappa shape index (κ1) is 16.7. The smallest absolute Gasteiger partial charge is 0.322 e. The molecular formula is C19H19N3O3. The van der Waals surface area contributed by atoms with Crippen LogP contribution in [0.15, 0.2) is 52.9 Å². The summed E-state index contributed by atoms with van der Waals surface area (Å²) in [4.78, 5) is 12.2. The molecular weight excluding hydrogens is 318 g/mol. The van der Waals surface area contributed by atoms with Gasteiger partial charge in [0.05, 0.1) is 7.11 Å². The van der Waals surface area contributed by atoms with Crippen LogP contribution >= 0.6 is 0 Å². The van der Waals surface area contributed by atoms with Crippen molar-refractivity contribution in [2.75, 3.05) is 12.4 Å². The molecule has 0 aliphatic rings. The van der Waals surface area contributed by atoms with E-state index in [1.807, 2.05) is 24.3 Å². The summed E-state index contributed by atoms with van der Waals surface area (Å²) in [7, 11) is 1.57. The number of methoxy groups -OCH3 is 1. The van der Waals surface area contributed by atoms with Gasteiger partial charge >= 0.3 is 6.01 Å². The lowest BCUT2D eigenvalue weighted by Crippen LogP contribution is -2.11. The summed E-state index contributed by atoms with van der Waals surface area (Å²) in [5.74, 6) is 1.17. The standard InChI is InChI=1S/C19H19N3O3/c1-12(2)13-4-6-15(7-5-13)18-21-22-19(25-18)20-17(23)14-8-10-16(24-3)11-9-14/h4-12H,1-3H3,(H,20,22,23). The van der Waals surface area contributed by atoms with Gasteiger partial charge < -0.3 is 9.15 Å². The topological polar surface area (TPSA) is 77.2 Å². The van der Waals surface area contributed by atoms with Crippen molar-refractivity contribution < 1.29 is 13.9 Å². The van der Waals surface area contributed by atoms with Gasteiger partial charge in [0.1, 0.15) is 5.75 Å². The third kappa shape index (κ3) is 3.85. The van der Waals surface area contributed by atoms with Crippen LogP contribution in [0.25, 0.3) is 11.5 Å². The molecule has 1 heterocycles. The lowest BCUT2D eigenvalue weighted by atomic mass is 10.0. The lowest BCUT2D eigenvalue weighted by molar-refractivity contribution is 0.102. The predicted octanol–water partition coefficient (Wildman–Crippen LogP) is 4.12. The molecule has 3 rings (SSSR count). The quantitative estimate of drug-likeness (QED) is 0.758. The van der Waals surface area contributed by atoms with Crippen LogP contribution in [0.1, 0.15) is 35.7 Å². The van der Waals surface area contributed by atoms with E-state index >= 15 is 0 Å². The van der Waals surface area contributed by atoms with E-state index in [-0.39, 0.29) is 11.9 Å². The Bertz CT molecular complexity index is 852. The maximum Gasteiger partial charge on any atom is 0.322 e. The monoisotopic (exact) mass is 337 g/mol. The van der Waals surface area contributed by atoms with Crippen LogP contribution in [0, 0.1) is 0 Å². The van der Waals surface area contributed by atoms with Crippen molar-refractivity contribution in [2.45, 2.75) is 19.8 Å². The molecule has 0 saturated carbocycles. The van der Waals surface area contributed by atoms with Gasteiger partial charge in [-0.3, -0.25) is 10.1 Å². The van der Waals surface area contributed by atoms with Gasteiger partial charge in [-0.1, -0.05) is 31.1 Å². The normalized spacial score (nSPS) is 10.7. The number of benzene rings is 2. The van der Waals surface area contributed by atoms with Gasteiger partial charge in [0.25, 0.3) is 5.91 Å². The Labute approximate surface area is 145 Å². The molecule has 25 heavy (non-hydrogen) atoms. The number of hydrogen-bond donors (Lipinski definition) is 1. The summed E-state index contributed by atoms with van der Waals surface area (Å²) in [6.07, 6.45) is 0. The van der Waals surface area contributed by atoms with E-state index in [0.717, 1.165) is 5.56 Å². The number of nitrogens with zero attached hydrogens (tertiary/aromatic N) is 2. The van der Waals surface area contributed by atoms with Gasteiger partial charge in [-0.25, -0.2) is 0 Å². The molecule has 6 nitrogen and oxygen atoms in total. The number of nitrogens with one attached hydrogen (secondary N) is 1. The average Bonchev–Trinajstić information content (AvgIpc) is 3.10. The zero-order chi connectivity index (χ0) is 17.8. The Hall–Kier alpha value is -3.15. The van der Waals surface area contributed by atoms with Gasteiger partial charge in [-0.15, -0.1) is 5.10 Å². The first-order valence-electron chi connectivity index (χ1n) is 7.96. The first-order valence-corrected chi connectivity index (χ1v) is 7.96. The summed E-state index contributed by atoms with van der Waals surface area (Å²) >= 11 is 0. The summed E-state index contributed by atoms with van der Waals surface area (Å²) < 4.78 is 10.6. The van der Waals surface area contributed by atoms with Crippen LogP contribution in [0.4, 0.5) is 6.01 Å². The molecule has 0 unspecified atom stereocenters. The van der Waals surface area contributed by atoms with E-state index in [9.17, 15) is 4.79 Å². The van der Waals surface area contributed by atoms with Crippen LogP contribution in [-0.4, -0.2) is 23.2 Å². The minimum atomic E-state index is -0.326. The molecule has 1 N–H and O–H groups in total. The second-order valence-corrected chi connectivity index (χ2v) is 5.87. The Morgan fingerprint density at radius 1 is 1.04 bits per heavy atom. The zero-order valence-electron chi connectivity index (χ0n) is 14.3. The number of hydrogen-bond acceptors (Lipinski definition) is 5. The molecule has 3 aromatic rings. The maximum atomic E-state index is 12.2. The minimum absolute atomic E-state index is 0.0590. The Morgan fingerprint density at radius 2 is 1.72 bits per heavy atom. The predicted molar refractivity (Wildman–Crippen MR) is 94.8 cm³/mol. The highest BCUT2D eigenvalue weighted by Crippen LogP contribution is 2.23. The average molecular weight is 337 g/mol. The molecule has 0 aliphatic carbocycles. The number of ether oxygens (including phenoxy) is 1. The largest absolute Gasteiger partial charge is 0.497 e. The van der Waals surface area contributed by atoms with Gasteiger partial charge in [0, 0.05) is 11.1 Å². The molecule has 1 amide bonds. The summed E-state index contributed by atoms with van der Waals surface area (Å²) in [5, 5.41) is 10.5. The van der Waals surface area contributed by atoms with Crippen molar-refractivity contribution in [3.8, 4) is 17.2 Å². The van der Waals surface area contributed by atoms with Crippen molar-refractivity contribution in [3.05, 3.63) is 59.7 Å². The van der Waals surface area contributed by atoms with Crippen LogP contribution < -0.4 is 10.1 Å². The molecule has 0 spiro atoms. The second-order valence-electron chi connectivity index (χ2n) is 5.87. The Kier molecular flexibility index (Phi) is 4.79. The summed E-state index contributed by atoms with van der Waals surface area (Å²) in [5.41, 5.74) is 2.51. The second kappa shape index (κ2) is 7.17. The molecule has 0 bridgehead atoms. The number of anilines is 1. The van der Waals surface area contributed by atoms with Crippen LogP contribution in [-0.2, 0) is 0 Å². The number of amides is 1. The fourth-order valence-corrected chi connectivity index (χ4v) is 2.31. The first-order chi connectivity index (χ1) is 12.1. The summed E-state index contributed by atoms with van der Waals surface area (Å²) in [6, 6.07) is 14.7. The SMILES string of the molecule is COc1ccc(C(=O)Nc2nnc(-c3ccc(C(C)C)cc3)o2)cc1. The van der Waals surface area contributed by atoms with Gasteiger partial charge in [-0.05, 0) is 47.9 Å². The third-order valence-corrected chi connectivity index (χ3v) is 3.82. The highest BCUT2D eigenvalue weighted by atomic mass is 16.5. The van der Waals surface area contributed by atoms with Crippen molar-refractivity contribution in [1.29, 1.82) is 0 Å². The maximum absolute atomic E-state index is 12.2. The lowest BCUT2D eigenvalue weighted by Gasteiger charge is -2.04. The molecule has 0 fully saturated rings. The van der Waals surface area contributed by atoms with Crippen LogP contribution in [0.3, 0.4) is 0 Å². The van der Waals surface area contributed by atoms with E-state index in [1.54, 1.807) is 31.4 Å². The Morgan fingerprint density at radius 3 is 2.32 bits per heavy atom. The van der Waals surface area contributed by atoms with Crippen molar-refractivity contribution >= 4 is 11.9 Å². The van der Waals surface area contributed by atoms with E-state index < -0.39 is 0 Å². The molecule has 0 saturated heterocycles. The highest BCUT2D eigenvalue weighted by molar-refractivity contribution is 6.03. The molecule has 1 aromatic heterocycles. The molecule has 0 aliphatic heterocycles. The van der Waals surface area contributed by atoms with Crippen molar-refractivity contribution in [1.82, 2.24) is 10.2 Å². The zero-order valence-corrected chi connectivity index (χ0v) is 14.3. The van der Waals surface area contributed by atoms with Gasteiger partial charge in [0.15, 0.2) is 0 Å². The van der Waals surface area contributed by atoms with E-state index in [0.29, 0.717) is 23.1 Å². The van der Waals surface area contributed by atoms with E-state index in [1.165, 1.54) is 5.56 Å². The molecule has 0 atom stereocenters. The highest BCUT2D eigenvalue weighted by Gasteiger charge is 2.13. The van der Waals surface area contributed by atoms with E-state index in [2.05, 4.69) is 29.4 Å². The van der Waals surface area contributed by atoms with Crippen molar-refractivity contribution in [2.24, 2.45) is 0 Å².